The van der Waals surface area contributed by atoms with E-state index in [1.165, 1.54) is 16.7 Å². The molecule has 4 heteroatoms. The monoisotopic (exact) mass is 263 g/mol. The zero-order valence-electron chi connectivity index (χ0n) is 11.2. The van der Waals surface area contributed by atoms with Crippen molar-refractivity contribution in [1.82, 2.24) is 9.55 Å². The van der Waals surface area contributed by atoms with E-state index >= 15 is 0 Å². The molecule has 0 amide bonds. The van der Waals surface area contributed by atoms with Crippen LogP contribution in [0.4, 0.5) is 0 Å². The van der Waals surface area contributed by atoms with Gasteiger partial charge in [0.15, 0.2) is 0 Å². The number of halogens is 1. The smallest absolute Gasteiger partial charge is 0.136 e. The SMILES string of the molecule is Cc1ccc(-c2nc(CN)n(C)c2Cl)c(C)c1C. The van der Waals surface area contributed by atoms with Crippen LogP contribution in [0.3, 0.4) is 0 Å². The van der Waals surface area contributed by atoms with Crippen molar-refractivity contribution >= 4 is 11.6 Å². The van der Waals surface area contributed by atoms with Crippen molar-refractivity contribution in [2.75, 3.05) is 0 Å². The van der Waals surface area contributed by atoms with E-state index in [4.69, 9.17) is 17.3 Å². The van der Waals surface area contributed by atoms with Crippen LogP contribution in [0.2, 0.25) is 5.15 Å². The average molecular weight is 264 g/mol. The van der Waals surface area contributed by atoms with Gasteiger partial charge in [-0.15, -0.1) is 0 Å². The van der Waals surface area contributed by atoms with Crippen molar-refractivity contribution in [3.8, 4) is 11.3 Å². The molecule has 0 saturated carbocycles. The molecule has 0 bridgehead atoms. The summed E-state index contributed by atoms with van der Waals surface area (Å²) in [6.45, 7) is 6.72. The lowest BCUT2D eigenvalue weighted by Crippen LogP contribution is -2.04. The zero-order valence-corrected chi connectivity index (χ0v) is 12.0. The summed E-state index contributed by atoms with van der Waals surface area (Å²) < 4.78 is 1.84. The molecule has 0 aliphatic heterocycles. The predicted octanol–water partition coefficient (Wildman–Crippen LogP) is 3.12. The maximum atomic E-state index is 6.34. The third-order valence-corrected chi connectivity index (χ3v) is 4.05. The molecular formula is C14H18ClN3. The normalized spacial score (nSPS) is 11.0. The van der Waals surface area contributed by atoms with Gasteiger partial charge in [0.05, 0.1) is 6.54 Å². The molecule has 1 heterocycles. The van der Waals surface area contributed by atoms with Gasteiger partial charge in [0.2, 0.25) is 0 Å². The molecule has 0 fully saturated rings. The van der Waals surface area contributed by atoms with Gasteiger partial charge in [-0.05, 0) is 37.5 Å². The fourth-order valence-electron chi connectivity index (χ4n) is 2.09. The number of benzene rings is 1. The molecule has 0 radical (unpaired) electrons. The fourth-order valence-corrected chi connectivity index (χ4v) is 2.33. The molecule has 1 aromatic heterocycles. The summed E-state index contributed by atoms with van der Waals surface area (Å²) in [6, 6.07) is 4.18. The summed E-state index contributed by atoms with van der Waals surface area (Å²) in [6.07, 6.45) is 0. The Morgan fingerprint density at radius 3 is 2.44 bits per heavy atom. The molecule has 0 atom stereocenters. The Labute approximate surface area is 113 Å². The summed E-state index contributed by atoms with van der Waals surface area (Å²) in [5, 5.41) is 0.641. The van der Waals surface area contributed by atoms with Crippen molar-refractivity contribution in [1.29, 1.82) is 0 Å². The van der Waals surface area contributed by atoms with E-state index in [0.717, 1.165) is 17.1 Å². The standard InChI is InChI=1S/C14H18ClN3/c1-8-5-6-11(10(3)9(8)2)13-14(15)18(4)12(7-16)17-13/h5-6H,7,16H2,1-4H3. The van der Waals surface area contributed by atoms with Crippen molar-refractivity contribution in [3.63, 3.8) is 0 Å². The van der Waals surface area contributed by atoms with Gasteiger partial charge in [0.1, 0.15) is 16.7 Å². The quantitative estimate of drug-likeness (QED) is 0.905. The van der Waals surface area contributed by atoms with Crippen LogP contribution in [0, 0.1) is 20.8 Å². The number of hydrogen-bond donors (Lipinski definition) is 1. The zero-order chi connectivity index (χ0) is 13.4. The molecule has 1 aromatic carbocycles. The molecule has 96 valence electrons. The highest BCUT2D eigenvalue weighted by Crippen LogP contribution is 2.32. The van der Waals surface area contributed by atoms with E-state index in [1.54, 1.807) is 0 Å². The molecule has 0 saturated heterocycles. The minimum absolute atomic E-state index is 0.389. The largest absolute Gasteiger partial charge is 0.324 e. The van der Waals surface area contributed by atoms with Gasteiger partial charge in [-0.1, -0.05) is 23.7 Å². The number of aryl methyl sites for hydroxylation is 1. The third kappa shape index (κ3) is 1.93. The summed E-state index contributed by atoms with van der Waals surface area (Å²) >= 11 is 6.34. The lowest BCUT2D eigenvalue weighted by atomic mass is 9.97. The first-order valence-corrected chi connectivity index (χ1v) is 6.33. The van der Waals surface area contributed by atoms with E-state index < -0.39 is 0 Å². The second-order valence-corrected chi connectivity index (χ2v) is 4.97. The Morgan fingerprint density at radius 2 is 1.89 bits per heavy atom. The van der Waals surface area contributed by atoms with Gasteiger partial charge in [-0.2, -0.15) is 0 Å². The number of imidazole rings is 1. The molecule has 2 N–H and O–H groups in total. The highest BCUT2D eigenvalue weighted by atomic mass is 35.5. The Kier molecular flexibility index (Phi) is 3.46. The lowest BCUT2D eigenvalue weighted by molar-refractivity contribution is 0.794. The third-order valence-electron chi connectivity index (χ3n) is 3.61. The van der Waals surface area contributed by atoms with Crippen LogP contribution in [0.15, 0.2) is 12.1 Å². The molecular weight excluding hydrogens is 246 g/mol. The summed E-state index contributed by atoms with van der Waals surface area (Å²) in [7, 11) is 1.89. The summed E-state index contributed by atoms with van der Waals surface area (Å²) in [4.78, 5) is 4.54. The molecule has 0 aliphatic rings. The highest BCUT2D eigenvalue weighted by molar-refractivity contribution is 6.32. The van der Waals surface area contributed by atoms with Crippen LogP contribution in [-0.2, 0) is 13.6 Å². The second-order valence-electron chi connectivity index (χ2n) is 4.61. The minimum Gasteiger partial charge on any atom is -0.324 e. The molecule has 2 rings (SSSR count). The Bertz CT molecular complexity index is 600. The van der Waals surface area contributed by atoms with Gasteiger partial charge in [-0.25, -0.2) is 4.98 Å². The van der Waals surface area contributed by atoms with Crippen LogP contribution in [0.5, 0.6) is 0 Å². The Morgan fingerprint density at radius 1 is 1.22 bits per heavy atom. The number of rotatable bonds is 2. The summed E-state index contributed by atoms with van der Waals surface area (Å²) in [5.41, 5.74) is 11.3. The maximum absolute atomic E-state index is 6.34. The van der Waals surface area contributed by atoms with Crippen LogP contribution < -0.4 is 5.73 Å². The van der Waals surface area contributed by atoms with Crippen molar-refractivity contribution in [2.24, 2.45) is 12.8 Å². The molecule has 2 aromatic rings. The molecule has 18 heavy (non-hydrogen) atoms. The summed E-state index contributed by atoms with van der Waals surface area (Å²) in [5.74, 6) is 0.799. The minimum atomic E-state index is 0.389. The van der Waals surface area contributed by atoms with E-state index in [2.05, 4.69) is 37.9 Å². The Hall–Kier alpha value is -1.32. The molecule has 0 aliphatic carbocycles. The fraction of sp³-hybridized carbons (Fsp3) is 0.357. The van der Waals surface area contributed by atoms with E-state index in [0.29, 0.717) is 11.7 Å². The van der Waals surface area contributed by atoms with E-state index in [9.17, 15) is 0 Å². The topological polar surface area (TPSA) is 43.8 Å². The first kappa shape index (κ1) is 13.1. The predicted molar refractivity (Wildman–Crippen MR) is 75.8 cm³/mol. The Balaban J connectivity index is 2.66. The number of aromatic nitrogens is 2. The van der Waals surface area contributed by atoms with Crippen molar-refractivity contribution in [2.45, 2.75) is 27.3 Å². The molecule has 3 nitrogen and oxygen atoms in total. The number of hydrogen-bond acceptors (Lipinski definition) is 2. The van der Waals surface area contributed by atoms with Crippen molar-refractivity contribution < 1.29 is 0 Å². The van der Waals surface area contributed by atoms with Crippen LogP contribution in [0.25, 0.3) is 11.3 Å². The van der Waals surface area contributed by atoms with Crippen LogP contribution >= 0.6 is 11.6 Å². The van der Waals surface area contributed by atoms with Crippen LogP contribution in [0.1, 0.15) is 22.5 Å². The second kappa shape index (κ2) is 4.75. The van der Waals surface area contributed by atoms with E-state index in [1.807, 2.05) is 11.6 Å². The van der Waals surface area contributed by atoms with Gasteiger partial charge in [-0.3, -0.25) is 0 Å². The van der Waals surface area contributed by atoms with Gasteiger partial charge in [0, 0.05) is 12.6 Å². The number of nitrogens with two attached hydrogens (primary N) is 1. The lowest BCUT2D eigenvalue weighted by Gasteiger charge is -2.09. The number of nitrogens with zero attached hydrogens (tertiary/aromatic N) is 2. The first-order valence-electron chi connectivity index (χ1n) is 5.95. The van der Waals surface area contributed by atoms with E-state index in [-0.39, 0.29) is 0 Å². The van der Waals surface area contributed by atoms with Gasteiger partial charge < -0.3 is 10.3 Å². The molecule has 0 spiro atoms. The average Bonchev–Trinajstić information content (AvgIpc) is 2.64. The van der Waals surface area contributed by atoms with Crippen LogP contribution in [-0.4, -0.2) is 9.55 Å². The van der Waals surface area contributed by atoms with Gasteiger partial charge >= 0.3 is 0 Å². The molecule has 0 unspecified atom stereocenters. The highest BCUT2D eigenvalue weighted by Gasteiger charge is 2.16. The van der Waals surface area contributed by atoms with Crippen molar-refractivity contribution in [3.05, 3.63) is 39.8 Å². The maximum Gasteiger partial charge on any atom is 0.136 e. The first-order chi connectivity index (χ1) is 8.47. The van der Waals surface area contributed by atoms with Gasteiger partial charge in [0.25, 0.3) is 0 Å².